The molecule has 2 rings (SSSR count). The lowest BCUT2D eigenvalue weighted by atomic mass is 10.1. The zero-order valence-corrected chi connectivity index (χ0v) is 17.2. The van der Waals surface area contributed by atoms with Crippen LogP contribution in [0.4, 0.5) is 0 Å². The molecular weight excluding hydrogens is 394 g/mol. The van der Waals surface area contributed by atoms with E-state index in [-0.39, 0.29) is 23.0 Å². The highest BCUT2D eigenvalue weighted by Gasteiger charge is 2.17. The first kappa shape index (κ1) is 22.0. The maximum atomic E-state index is 12.4. The fourth-order valence-corrected chi connectivity index (χ4v) is 2.65. The highest BCUT2D eigenvalue weighted by molar-refractivity contribution is 7.80. The fraction of sp³-hybridized carbons (Fsp3) is 0.250. The van der Waals surface area contributed by atoms with Crippen molar-refractivity contribution in [2.75, 3.05) is 21.3 Å². The number of ether oxygens (including phenoxy) is 3. The number of hydrogen-bond donors (Lipinski definition) is 3. The predicted octanol–water partition coefficient (Wildman–Crippen LogP) is 1.98. The maximum Gasteiger partial charge on any atom is 0.257 e. The van der Waals surface area contributed by atoms with Crippen molar-refractivity contribution in [3.05, 3.63) is 53.6 Å². The van der Waals surface area contributed by atoms with E-state index in [9.17, 15) is 9.59 Å². The highest BCUT2D eigenvalue weighted by atomic mass is 32.1. The summed E-state index contributed by atoms with van der Waals surface area (Å²) in [6, 6.07) is 12.6. The largest absolute Gasteiger partial charge is 0.493 e. The lowest BCUT2D eigenvalue weighted by Gasteiger charge is -2.15. The van der Waals surface area contributed by atoms with Crippen molar-refractivity contribution in [2.45, 2.75) is 12.8 Å². The molecule has 154 valence electrons. The van der Waals surface area contributed by atoms with Gasteiger partial charge in [0, 0.05) is 12.0 Å². The fourth-order valence-electron chi connectivity index (χ4n) is 2.51. The number of carbonyl (C=O) groups is 2. The van der Waals surface area contributed by atoms with Gasteiger partial charge in [0.25, 0.3) is 5.91 Å². The van der Waals surface area contributed by atoms with Crippen LogP contribution < -0.4 is 30.4 Å². The Bertz CT molecular complexity index is 849. The lowest BCUT2D eigenvalue weighted by Crippen LogP contribution is -2.48. The van der Waals surface area contributed by atoms with E-state index in [1.54, 1.807) is 0 Å². The van der Waals surface area contributed by atoms with Crippen molar-refractivity contribution in [3.63, 3.8) is 0 Å². The average molecular weight is 417 g/mol. The molecule has 0 radical (unpaired) electrons. The molecule has 2 aromatic rings. The van der Waals surface area contributed by atoms with Gasteiger partial charge in [-0.2, -0.15) is 0 Å². The minimum atomic E-state index is -0.500. The third-order valence-corrected chi connectivity index (χ3v) is 4.16. The van der Waals surface area contributed by atoms with Crippen molar-refractivity contribution < 1.29 is 23.8 Å². The van der Waals surface area contributed by atoms with E-state index in [1.165, 1.54) is 33.5 Å². The molecule has 0 aliphatic heterocycles. The minimum Gasteiger partial charge on any atom is -0.493 e. The molecule has 29 heavy (non-hydrogen) atoms. The van der Waals surface area contributed by atoms with Gasteiger partial charge >= 0.3 is 0 Å². The van der Waals surface area contributed by atoms with Gasteiger partial charge in [-0.25, -0.2) is 0 Å². The SMILES string of the molecule is COc1cc(C(=O)NC(=S)NNC(=O)CCc2ccccc2)cc(OC)c1OC. The van der Waals surface area contributed by atoms with Gasteiger partial charge in [0.15, 0.2) is 16.6 Å². The summed E-state index contributed by atoms with van der Waals surface area (Å²) in [5, 5.41) is 2.44. The van der Waals surface area contributed by atoms with Crippen molar-refractivity contribution in [1.82, 2.24) is 16.2 Å². The number of carbonyl (C=O) groups excluding carboxylic acids is 2. The summed E-state index contributed by atoms with van der Waals surface area (Å²) in [7, 11) is 4.38. The molecule has 9 heteroatoms. The first-order chi connectivity index (χ1) is 14.0. The third kappa shape index (κ3) is 6.35. The molecule has 0 unspecified atom stereocenters. The number of methoxy groups -OCH3 is 3. The predicted molar refractivity (Wildman–Crippen MR) is 112 cm³/mol. The van der Waals surface area contributed by atoms with Gasteiger partial charge in [0.2, 0.25) is 11.7 Å². The van der Waals surface area contributed by atoms with Crippen LogP contribution in [0.25, 0.3) is 0 Å². The maximum absolute atomic E-state index is 12.4. The second-order valence-electron chi connectivity index (χ2n) is 5.86. The second-order valence-corrected chi connectivity index (χ2v) is 6.26. The minimum absolute atomic E-state index is 0.0446. The smallest absolute Gasteiger partial charge is 0.257 e. The van der Waals surface area contributed by atoms with E-state index in [2.05, 4.69) is 16.2 Å². The van der Waals surface area contributed by atoms with Gasteiger partial charge in [-0.1, -0.05) is 30.3 Å². The summed E-state index contributed by atoms with van der Waals surface area (Å²) in [5.74, 6) is 0.298. The number of hydrogen-bond acceptors (Lipinski definition) is 6. The molecule has 0 bridgehead atoms. The molecule has 0 aliphatic rings. The van der Waals surface area contributed by atoms with Crippen LogP contribution in [-0.4, -0.2) is 38.3 Å². The van der Waals surface area contributed by atoms with Crippen LogP contribution in [0.3, 0.4) is 0 Å². The Kier molecular flexibility index (Phi) is 8.23. The van der Waals surface area contributed by atoms with Crippen molar-refractivity contribution in [1.29, 1.82) is 0 Å². The zero-order chi connectivity index (χ0) is 21.2. The van der Waals surface area contributed by atoms with Crippen LogP contribution in [0.15, 0.2) is 42.5 Å². The Morgan fingerprint density at radius 1 is 0.931 bits per heavy atom. The van der Waals surface area contributed by atoms with Gasteiger partial charge in [-0.15, -0.1) is 0 Å². The van der Waals surface area contributed by atoms with Crippen LogP contribution in [0.1, 0.15) is 22.3 Å². The average Bonchev–Trinajstić information content (AvgIpc) is 2.75. The van der Waals surface area contributed by atoms with Crippen LogP contribution in [0.5, 0.6) is 17.2 Å². The van der Waals surface area contributed by atoms with Gasteiger partial charge < -0.3 is 14.2 Å². The lowest BCUT2D eigenvalue weighted by molar-refractivity contribution is -0.121. The van der Waals surface area contributed by atoms with Gasteiger partial charge in [0.05, 0.1) is 21.3 Å². The molecule has 0 spiro atoms. The quantitative estimate of drug-likeness (QED) is 0.468. The number of aryl methyl sites for hydroxylation is 1. The van der Waals surface area contributed by atoms with Gasteiger partial charge in [-0.05, 0) is 36.3 Å². The molecule has 0 saturated carbocycles. The van der Waals surface area contributed by atoms with Crippen LogP contribution >= 0.6 is 12.2 Å². The molecule has 0 atom stereocenters. The molecule has 8 nitrogen and oxygen atoms in total. The molecule has 0 aromatic heterocycles. The Labute approximate surface area is 174 Å². The Morgan fingerprint density at radius 2 is 1.55 bits per heavy atom. The first-order valence-electron chi connectivity index (χ1n) is 8.72. The van der Waals surface area contributed by atoms with Crippen LogP contribution in [0.2, 0.25) is 0 Å². The summed E-state index contributed by atoms with van der Waals surface area (Å²) in [4.78, 5) is 24.4. The molecule has 2 aromatic carbocycles. The number of benzene rings is 2. The second kappa shape index (κ2) is 10.9. The van der Waals surface area contributed by atoms with E-state index in [1.807, 2.05) is 30.3 Å². The van der Waals surface area contributed by atoms with Gasteiger partial charge in [0.1, 0.15) is 0 Å². The molecule has 0 heterocycles. The molecular formula is C20H23N3O5S. The number of rotatable bonds is 7. The summed E-state index contributed by atoms with van der Waals surface area (Å²) >= 11 is 5.05. The molecule has 3 N–H and O–H groups in total. The summed E-state index contributed by atoms with van der Waals surface area (Å²) in [5.41, 5.74) is 6.28. The normalized spacial score (nSPS) is 9.90. The van der Waals surface area contributed by atoms with Crippen molar-refractivity contribution >= 4 is 29.1 Å². The summed E-state index contributed by atoms with van der Waals surface area (Å²) in [6.45, 7) is 0. The molecule has 0 fully saturated rings. The number of hydrazine groups is 1. The van der Waals surface area contributed by atoms with Crippen LogP contribution in [0, 0.1) is 0 Å². The number of nitrogens with one attached hydrogen (secondary N) is 3. The number of thiocarbonyl (C=S) groups is 1. The molecule has 0 aliphatic carbocycles. The summed E-state index contributed by atoms with van der Waals surface area (Å²) in [6.07, 6.45) is 0.874. The Hall–Kier alpha value is -3.33. The van der Waals surface area contributed by atoms with E-state index in [0.717, 1.165) is 5.56 Å². The van der Waals surface area contributed by atoms with Crippen LogP contribution in [-0.2, 0) is 11.2 Å². The van der Waals surface area contributed by atoms with E-state index in [0.29, 0.717) is 23.7 Å². The van der Waals surface area contributed by atoms with E-state index >= 15 is 0 Å². The van der Waals surface area contributed by atoms with Crippen molar-refractivity contribution in [2.24, 2.45) is 0 Å². The molecule has 2 amide bonds. The molecule has 0 saturated heterocycles. The van der Waals surface area contributed by atoms with E-state index < -0.39 is 5.91 Å². The van der Waals surface area contributed by atoms with Crippen molar-refractivity contribution in [3.8, 4) is 17.2 Å². The standard InChI is InChI=1S/C20H23N3O5S/c1-26-15-11-14(12-16(27-2)18(15)28-3)19(25)21-20(29)23-22-17(24)10-9-13-7-5-4-6-8-13/h4-8,11-12H,9-10H2,1-3H3,(H,22,24)(H2,21,23,25,29). The summed E-state index contributed by atoms with van der Waals surface area (Å²) < 4.78 is 15.7. The topological polar surface area (TPSA) is 97.9 Å². The Balaban J connectivity index is 1.88. The number of amides is 2. The van der Waals surface area contributed by atoms with E-state index in [4.69, 9.17) is 26.4 Å². The first-order valence-corrected chi connectivity index (χ1v) is 9.13. The third-order valence-electron chi connectivity index (χ3n) is 3.95. The Morgan fingerprint density at radius 3 is 2.10 bits per heavy atom. The monoisotopic (exact) mass is 417 g/mol. The van der Waals surface area contributed by atoms with Gasteiger partial charge in [-0.3, -0.25) is 25.8 Å². The highest BCUT2D eigenvalue weighted by Crippen LogP contribution is 2.38. The zero-order valence-electron chi connectivity index (χ0n) is 16.4.